The number of rotatable bonds is 2. The van der Waals surface area contributed by atoms with Gasteiger partial charge < -0.3 is 5.32 Å². The van der Waals surface area contributed by atoms with Crippen LogP contribution in [0.5, 0.6) is 0 Å². The number of fused-ring (bicyclic) bond motifs is 2. The molecule has 132 valence electrons. The first-order chi connectivity index (χ1) is 13.3. The predicted octanol–water partition coefficient (Wildman–Crippen LogP) is 5.03. The van der Waals surface area contributed by atoms with Crippen molar-refractivity contribution < 1.29 is 4.39 Å². The molecule has 0 aliphatic carbocycles. The van der Waals surface area contributed by atoms with Crippen LogP contribution in [0.4, 0.5) is 4.39 Å². The molecule has 1 N–H and O–H groups in total. The molecule has 2 aromatic heterocycles. The summed E-state index contributed by atoms with van der Waals surface area (Å²) in [6, 6.07) is 17.7. The minimum atomic E-state index is -0.222. The number of hydrogen-bond acceptors (Lipinski definition) is 4. The van der Waals surface area contributed by atoms with Gasteiger partial charge in [0.25, 0.3) is 0 Å². The molecule has 0 spiro atoms. The van der Waals surface area contributed by atoms with Crippen LogP contribution in [0.2, 0.25) is 0 Å². The maximum absolute atomic E-state index is 15.3. The van der Waals surface area contributed by atoms with E-state index in [-0.39, 0.29) is 5.82 Å². The highest BCUT2D eigenvalue weighted by atomic mass is 32.1. The summed E-state index contributed by atoms with van der Waals surface area (Å²) in [5, 5.41) is 12.6. The standard InChI is InChI=1S/C22H16FN3S/c23-18-11-15(19-5-3-8-25-26-19)10-16-13-24-9-7-17(22(16)18)21-12-14-4-1-2-6-20(14)27-21/h1-8,10-12,24H,9,13H2. The van der Waals surface area contributed by atoms with Crippen molar-refractivity contribution in [2.75, 3.05) is 6.54 Å². The van der Waals surface area contributed by atoms with E-state index >= 15 is 4.39 Å². The van der Waals surface area contributed by atoms with E-state index in [2.05, 4.69) is 39.8 Å². The fraction of sp³-hybridized carbons (Fsp3) is 0.0909. The van der Waals surface area contributed by atoms with E-state index in [1.54, 1.807) is 23.6 Å². The van der Waals surface area contributed by atoms with Crippen LogP contribution in [-0.4, -0.2) is 16.7 Å². The van der Waals surface area contributed by atoms with Crippen LogP contribution in [0.3, 0.4) is 0 Å². The fourth-order valence-electron chi connectivity index (χ4n) is 3.53. The molecule has 1 aliphatic rings. The van der Waals surface area contributed by atoms with Gasteiger partial charge in [0.05, 0.1) is 5.69 Å². The van der Waals surface area contributed by atoms with Gasteiger partial charge in [-0.15, -0.1) is 11.3 Å². The van der Waals surface area contributed by atoms with Gasteiger partial charge in [0.15, 0.2) is 0 Å². The van der Waals surface area contributed by atoms with Crippen molar-refractivity contribution in [1.82, 2.24) is 15.5 Å². The third-order valence-electron chi connectivity index (χ3n) is 4.77. The van der Waals surface area contributed by atoms with E-state index in [1.165, 1.54) is 10.1 Å². The molecule has 0 unspecified atom stereocenters. The lowest BCUT2D eigenvalue weighted by atomic mass is 9.95. The molecule has 5 heteroatoms. The number of thiophene rings is 1. The Morgan fingerprint density at radius 2 is 1.96 bits per heavy atom. The quantitative estimate of drug-likeness (QED) is 0.535. The number of aromatic nitrogens is 2. The zero-order chi connectivity index (χ0) is 18.2. The number of nitrogens with zero attached hydrogens (tertiary/aromatic N) is 2. The summed E-state index contributed by atoms with van der Waals surface area (Å²) in [7, 11) is 0. The Morgan fingerprint density at radius 1 is 1.04 bits per heavy atom. The molecule has 0 fully saturated rings. The van der Waals surface area contributed by atoms with E-state index in [0.717, 1.165) is 21.6 Å². The second kappa shape index (κ2) is 6.68. The Labute approximate surface area is 160 Å². The van der Waals surface area contributed by atoms with Gasteiger partial charge in [0.2, 0.25) is 0 Å². The molecule has 0 amide bonds. The Morgan fingerprint density at radius 3 is 2.81 bits per heavy atom. The highest BCUT2D eigenvalue weighted by Gasteiger charge is 2.20. The zero-order valence-corrected chi connectivity index (χ0v) is 15.3. The molecular formula is C22H16FN3S. The Hall–Kier alpha value is -2.89. The average molecular weight is 373 g/mol. The smallest absolute Gasteiger partial charge is 0.132 e. The number of halogens is 1. The first-order valence-electron chi connectivity index (χ1n) is 8.80. The monoisotopic (exact) mass is 373 g/mol. The lowest BCUT2D eigenvalue weighted by Crippen LogP contribution is -2.12. The van der Waals surface area contributed by atoms with Gasteiger partial charge in [-0.25, -0.2) is 4.39 Å². The number of nitrogens with one attached hydrogen (secondary N) is 1. The summed E-state index contributed by atoms with van der Waals surface area (Å²) in [6.07, 6.45) is 3.70. The molecular weight excluding hydrogens is 357 g/mol. The molecule has 4 aromatic rings. The van der Waals surface area contributed by atoms with Gasteiger partial charge in [0.1, 0.15) is 5.82 Å². The normalized spacial score (nSPS) is 13.9. The maximum atomic E-state index is 15.3. The summed E-state index contributed by atoms with van der Waals surface area (Å²) in [5.41, 5.74) is 4.00. The lowest BCUT2D eigenvalue weighted by molar-refractivity contribution is 0.620. The van der Waals surface area contributed by atoms with E-state index < -0.39 is 0 Å². The van der Waals surface area contributed by atoms with Crippen LogP contribution in [0, 0.1) is 5.82 Å². The molecule has 0 radical (unpaired) electrons. The van der Waals surface area contributed by atoms with Crippen molar-refractivity contribution >= 4 is 27.0 Å². The van der Waals surface area contributed by atoms with Crippen LogP contribution in [0.25, 0.3) is 26.9 Å². The van der Waals surface area contributed by atoms with Crippen LogP contribution >= 0.6 is 11.3 Å². The second-order valence-corrected chi connectivity index (χ2v) is 7.58. The lowest BCUT2D eigenvalue weighted by Gasteiger charge is -2.13. The molecule has 3 heterocycles. The summed E-state index contributed by atoms with van der Waals surface area (Å²) in [4.78, 5) is 1.09. The van der Waals surface area contributed by atoms with Gasteiger partial charge in [-0.05, 0) is 52.9 Å². The molecule has 5 rings (SSSR count). The molecule has 0 atom stereocenters. The van der Waals surface area contributed by atoms with Crippen molar-refractivity contribution in [3.63, 3.8) is 0 Å². The minimum Gasteiger partial charge on any atom is -0.309 e. The van der Waals surface area contributed by atoms with Gasteiger partial charge in [-0.1, -0.05) is 24.3 Å². The van der Waals surface area contributed by atoms with Crippen LogP contribution in [0.15, 0.2) is 66.9 Å². The highest BCUT2D eigenvalue weighted by molar-refractivity contribution is 7.20. The molecule has 2 aromatic carbocycles. The predicted molar refractivity (Wildman–Crippen MR) is 108 cm³/mol. The molecule has 0 saturated carbocycles. The third-order valence-corrected chi connectivity index (χ3v) is 5.92. The van der Waals surface area contributed by atoms with Crippen molar-refractivity contribution in [3.05, 3.63) is 88.7 Å². The number of hydrogen-bond donors (Lipinski definition) is 1. The van der Waals surface area contributed by atoms with Crippen LogP contribution < -0.4 is 5.32 Å². The molecule has 27 heavy (non-hydrogen) atoms. The topological polar surface area (TPSA) is 37.8 Å². The zero-order valence-electron chi connectivity index (χ0n) is 14.4. The number of benzene rings is 2. The fourth-order valence-corrected chi connectivity index (χ4v) is 4.64. The Balaban J connectivity index is 1.67. The molecule has 0 saturated heterocycles. The minimum absolute atomic E-state index is 0.222. The average Bonchev–Trinajstić information content (AvgIpc) is 3.01. The van der Waals surface area contributed by atoms with Crippen molar-refractivity contribution in [2.45, 2.75) is 6.54 Å². The van der Waals surface area contributed by atoms with E-state index in [1.807, 2.05) is 30.3 Å². The molecule has 0 bridgehead atoms. The highest BCUT2D eigenvalue weighted by Crippen LogP contribution is 2.38. The first-order valence-corrected chi connectivity index (χ1v) is 9.62. The summed E-state index contributed by atoms with van der Waals surface area (Å²) in [6.45, 7) is 1.32. The van der Waals surface area contributed by atoms with Crippen LogP contribution in [-0.2, 0) is 6.54 Å². The van der Waals surface area contributed by atoms with E-state index in [0.29, 0.717) is 24.3 Å². The van der Waals surface area contributed by atoms with Crippen molar-refractivity contribution in [3.8, 4) is 11.3 Å². The van der Waals surface area contributed by atoms with E-state index in [9.17, 15) is 0 Å². The summed E-state index contributed by atoms with van der Waals surface area (Å²) < 4.78 is 16.5. The SMILES string of the molecule is Fc1cc(-c2cccnn2)cc2c1C(c1cc3ccccc3s1)=CCNC2. The van der Waals surface area contributed by atoms with Gasteiger partial charge in [-0.3, -0.25) is 0 Å². The van der Waals surface area contributed by atoms with E-state index in [4.69, 9.17) is 0 Å². The van der Waals surface area contributed by atoms with Gasteiger partial charge >= 0.3 is 0 Å². The van der Waals surface area contributed by atoms with Gasteiger partial charge in [-0.2, -0.15) is 10.2 Å². The molecule has 3 nitrogen and oxygen atoms in total. The molecule has 1 aliphatic heterocycles. The van der Waals surface area contributed by atoms with Crippen LogP contribution in [0.1, 0.15) is 16.0 Å². The Kier molecular flexibility index (Phi) is 4.03. The second-order valence-electron chi connectivity index (χ2n) is 6.50. The Bertz CT molecular complexity index is 1130. The summed E-state index contributed by atoms with van der Waals surface area (Å²) in [5.74, 6) is -0.222. The largest absolute Gasteiger partial charge is 0.309 e. The summed E-state index contributed by atoms with van der Waals surface area (Å²) >= 11 is 1.70. The maximum Gasteiger partial charge on any atom is 0.132 e. The van der Waals surface area contributed by atoms with Gasteiger partial charge in [0, 0.05) is 40.0 Å². The third kappa shape index (κ3) is 2.95. The first kappa shape index (κ1) is 16.3. The van der Waals surface area contributed by atoms with Crippen molar-refractivity contribution in [1.29, 1.82) is 0 Å². The van der Waals surface area contributed by atoms with Crippen molar-refractivity contribution in [2.24, 2.45) is 0 Å².